The summed E-state index contributed by atoms with van der Waals surface area (Å²) in [7, 11) is 0. The van der Waals surface area contributed by atoms with Crippen molar-refractivity contribution in [3.63, 3.8) is 0 Å². The van der Waals surface area contributed by atoms with Crippen LogP contribution in [0.5, 0.6) is 0 Å². The molecule has 0 spiro atoms. The van der Waals surface area contributed by atoms with Crippen molar-refractivity contribution in [2.45, 2.75) is 10.4 Å². The maximum Gasteiger partial charge on any atom is 0.446 e. The average Bonchev–Trinajstić information content (AvgIpc) is 2.46. The number of nitrogens with one attached hydrogen (secondary N) is 1. The Balaban J connectivity index is 2.24. The summed E-state index contributed by atoms with van der Waals surface area (Å²) in [6.45, 7) is 0. The van der Waals surface area contributed by atoms with E-state index in [4.69, 9.17) is 6.42 Å². The van der Waals surface area contributed by atoms with Gasteiger partial charge in [-0.1, -0.05) is 24.1 Å². The predicted molar refractivity (Wildman–Crippen MR) is 80.7 cm³/mol. The Labute approximate surface area is 129 Å². The Morgan fingerprint density at radius 1 is 1.14 bits per heavy atom. The summed E-state index contributed by atoms with van der Waals surface area (Å²) in [5, 5.41) is 2.54. The third-order valence-corrected chi connectivity index (χ3v) is 3.45. The second-order valence-electron chi connectivity index (χ2n) is 4.22. The van der Waals surface area contributed by atoms with Gasteiger partial charge in [0.1, 0.15) is 0 Å². The van der Waals surface area contributed by atoms with E-state index >= 15 is 0 Å². The predicted octanol–water partition coefficient (Wildman–Crippen LogP) is 4.53. The van der Waals surface area contributed by atoms with Gasteiger partial charge in [-0.3, -0.25) is 4.79 Å². The normalized spacial score (nSPS) is 10.8. The Morgan fingerprint density at radius 2 is 1.86 bits per heavy atom. The number of alkyl halides is 3. The molecule has 2 rings (SSSR count). The molecular weight excluding hydrogens is 311 g/mol. The summed E-state index contributed by atoms with van der Waals surface area (Å²) in [4.78, 5) is 12.0. The molecule has 0 bridgehead atoms. The van der Waals surface area contributed by atoms with Crippen LogP contribution in [0, 0.1) is 12.3 Å². The van der Waals surface area contributed by atoms with E-state index in [-0.39, 0.29) is 22.2 Å². The van der Waals surface area contributed by atoms with Crippen molar-refractivity contribution in [2.24, 2.45) is 0 Å². The molecule has 0 aliphatic rings. The van der Waals surface area contributed by atoms with Crippen LogP contribution < -0.4 is 5.32 Å². The number of thioether (sulfide) groups is 1. The maximum absolute atomic E-state index is 12.5. The largest absolute Gasteiger partial charge is 0.446 e. The van der Waals surface area contributed by atoms with E-state index in [1.807, 2.05) is 0 Å². The number of rotatable bonds is 3. The highest BCUT2D eigenvalue weighted by Crippen LogP contribution is 2.38. The summed E-state index contributed by atoms with van der Waals surface area (Å²) in [5.74, 6) is 1.80. The van der Waals surface area contributed by atoms with Gasteiger partial charge in [-0.25, -0.2) is 0 Å². The molecule has 2 aromatic carbocycles. The Hall–Kier alpha value is -2.39. The van der Waals surface area contributed by atoms with Crippen LogP contribution >= 0.6 is 11.8 Å². The average molecular weight is 321 g/mol. The molecule has 1 amide bonds. The fraction of sp³-hybridized carbons (Fsp3) is 0.0625. The molecule has 0 saturated carbocycles. The van der Waals surface area contributed by atoms with Gasteiger partial charge in [0, 0.05) is 16.1 Å². The van der Waals surface area contributed by atoms with Gasteiger partial charge in [-0.05, 0) is 42.1 Å². The fourth-order valence-electron chi connectivity index (χ4n) is 1.75. The molecule has 112 valence electrons. The minimum atomic E-state index is -4.46. The molecule has 6 heteroatoms. The highest BCUT2D eigenvalue weighted by molar-refractivity contribution is 8.00. The van der Waals surface area contributed by atoms with Crippen molar-refractivity contribution < 1.29 is 18.0 Å². The molecule has 0 aliphatic carbocycles. The molecule has 1 N–H and O–H groups in total. The lowest BCUT2D eigenvalue weighted by Gasteiger charge is -2.11. The highest BCUT2D eigenvalue weighted by Gasteiger charge is 2.31. The van der Waals surface area contributed by atoms with Gasteiger partial charge in [0.25, 0.3) is 5.91 Å². The number of anilines is 1. The van der Waals surface area contributed by atoms with E-state index in [0.717, 1.165) is 0 Å². The fourth-order valence-corrected chi connectivity index (χ4v) is 2.42. The van der Waals surface area contributed by atoms with Gasteiger partial charge in [0.15, 0.2) is 0 Å². The SMILES string of the molecule is C#Cc1cccc(NC(=O)c2ccccc2SC(F)(F)F)c1. The highest BCUT2D eigenvalue weighted by atomic mass is 32.2. The van der Waals surface area contributed by atoms with Crippen molar-refractivity contribution in [3.8, 4) is 12.3 Å². The van der Waals surface area contributed by atoms with Crippen LogP contribution in [-0.4, -0.2) is 11.4 Å². The molecule has 0 heterocycles. The topological polar surface area (TPSA) is 29.1 Å². The summed E-state index contributed by atoms with van der Waals surface area (Å²) in [6, 6.07) is 12.1. The summed E-state index contributed by atoms with van der Waals surface area (Å²) in [5.41, 5.74) is -3.52. The second-order valence-corrected chi connectivity index (χ2v) is 5.33. The van der Waals surface area contributed by atoms with Gasteiger partial charge in [-0.15, -0.1) is 6.42 Å². The molecule has 0 fully saturated rings. The van der Waals surface area contributed by atoms with Crippen molar-refractivity contribution in [3.05, 3.63) is 59.7 Å². The number of halogens is 3. The van der Waals surface area contributed by atoms with E-state index in [0.29, 0.717) is 11.3 Å². The molecule has 0 aliphatic heterocycles. The van der Waals surface area contributed by atoms with E-state index < -0.39 is 11.4 Å². The van der Waals surface area contributed by atoms with Crippen LogP contribution in [0.3, 0.4) is 0 Å². The number of terminal acetylenes is 1. The lowest BCUT2D eigenvalue weighted by Crippen LogP contribution is -2.14. The Kier molecular flexibility index (Phi) is 4.78. The minimum absolute atomic E-state index is 0.0454. The third-order valence-electron chi connectivity index (χ3n) is 2.64. The zero-order valence-corrected chi connectivity index (χ0v) is 12.0. The van der Waals surface area contributed by atoms with Crippen LogP contribution in [0.25, 0.3) is 0 Å². The van der Waals surface area contributed by atoms with Gasteiger partial charge >= 0.3 is 5.51 Å². The number of carbonyl (C=O) groups excluding carboxylic acids is 1. The Bertz CT molecular complexity index is 735. The van der Waals surface area contributed by atoms with Crippen LogP contribution in [0.1, 0.15) is 15.9 Å². The van der Waals surface area contributed by atoms with Crippen LogP contribution in [-0.2, 0) is 0 Å². The lowest BCUT2D eigenvalue weighted by molar-refractivity contribution is -0.0328. The van der Waals surface area contributed by atoms with Gasteiger partial charge in [0.05, 0.1) is 5.56 Å². The Morgan fingerprint density at radius 3 is 2.55 bits per heavy atom. The number of hydrogen-bond acceptors (Lipinski definition) is 2. The summed E-state index contributed by atoms with van der Waals surface area (Å²) in [6.07, 6.45) is 5.26. The molecule has 2 nitrogen and oxygen atoms in total. The maximum atomic E-state index is 12.5. The van der Waals surface area contributed by atoms with Gasteiger partial charge in [-0.2, -0.15) is 13.2 Å². The number of amides is 1. The number of hydrogen-bond donors (Lipinski definition) is 1. The van der Waals surface area contributed by atoms with Crippen LogP contribution in [0.15, 0.2) is 53.4 Å². The second kappa shape index (κ2) is 6.58. The van der Waals surface area contributed by atoms with E-state index in [2.05, 4.69) is 11.2 Å². The van der Waals surface area contributed by atoms with Crippen LogP contribution in [0.2, 0.25) is 0 Å². The van der Waals surface area contributed by atoms with Crippen molar-refractivity contribution in [1.82, 2.24) is 0 Å². The third kappa shape index (κ3) is 4.30. The lowest BCUT2D eigenvalue weighted by atomic mass is 10.2. The molecule has 2 aromatic rings. The molecule has 0 saturated heterocycles. The molecule has 22 heavy (non-hydrogen) atoms. The van der Waals surface area contributed by atoms with E-state index in [9.17, 15) is 18.0 Å². The summed E-state index contributed by atoms with van der Waals surface area (Å²) >= 11 is -0.319. The van der Waals surface area contributed by atoms with Crippen molar-refractivity contribution in [1.29, 1.82) is 0 Å². The monoisotopic (exact) mass is 321 g/mol. The molecule has 0 atom stereocenters. The first kappa shape index (κ1) is 16.0. The van der Waals surface area contributed by atoms with E-state index in [1.165, 1.54) is 24.3 Å². The van der Waals surface area contributed by atoms with E-state index in [1.54, 1.807) is 24.3 Å². The zero-order chi connectivity index (χ0) is 16.2. The van der Waals surface area contributed by atoms with Crippen molar-refractivity contribution >= 4 is 23.4 Å². The molecule has 0 unspecified atom stereocenters. The first-order valence-electron chi connectivity index (χ1n) is 6.12. The number of benzene rings is 2. The first-order chi connectivity index (χ1) is 10.4. The quantitative estimate of drug-likeness (QED) is 0.664. The van der Waals surface area contributed by atoms with Gasteiger partial charge in [0.2, 0.25) is 0 Å². The summed E-state index contributed by atoms with van der Waals surface area (Å²) < 4.78 is 37.6. The molecular formula is C16H10F3NOS. The standard InChI is InChI=1S/C16H10F3NOS/c1-2-11-6-5-7-12(10-11)20-15(21)13-8-3-4-9-14(13)22-16(17,18)19/h1,3-10H,(H,20,21). The van der Waals surface area contributed by atoms with Gasteiger partial charge < -0.3 is 5.32 Å². The minimum Gasteiger partial charge on any atom is -0.322 e. The van der Waals surface area contributed by atoms with Crippen molar-refractivity contribution in [2.75, 3.05) is 5.32 Å². The first-order valence-corrected chi connectivity index (χ1v) is 6.93. The smallest absolute Gasteiger partial charge is 0.322 e. The molecule has 0 aromatic heterocycles. The number of carbonyl (C=O) groups is 1. The molecule has 0 radical (unpaired) electrons. The van der Waals surface area contributed by atoms with Crippen LogP contribution in [0.4, 0.5) is 18.9 Å². The zero-order valence-electron chi connectivity index (χ0n) is 11.1.